The van der Waals surface area contributed by atoms with Crippen LogP contribution in [0.4, 0.5) is 0 Å². The topological polar surface area (TPSA) is 0 Å². The summed E-state index contributed by atoms with van der Waals surface area (Å²) < 4.78 is 0. The number of rotatable bonds is 7. The zero-order valence-corrected chi connectivity index (χ0v) is 16.8. The van der Waals surface area contributed by atoms with Gasteiger partial charge in [0, 0.05) is 0 Å². The Morgan fingerprint density at radius 1 is 0.720 bits per heavy atom. The van der Waals surface area contributed by atoms with Gasteiger partial charge < -0.3 is 0 Å². The molecule has 0 aromatic heterocycles. The molecule has 0 heterocycles. The molecule has 1 aromatic carbocycles. The Bertz CT molecular complexity index is 469. The maximum atomic E-state index is 2.44. The van der Waals surface area contributed by atoms with Crippen molar-refractivity contribution < 1.29 is 0 Å². The number of unbranched alkanes of at least 4 members (excludes halogenated alkanes) is 2. The van der Waals surface area contributed by atoms with Gasteiger partial charge in [0.25, 0.3) is 0 Å². The second kappa shape index (κ2) is 9.79. The number of hydrogen-bond donors (Lipinski definition) is 0. The molecule has 2 aliphatic carbocycles. The van der Waals surface area contributed by atoms with Gasteiger partial charge in [-0.3, -0.25) is 0 Å². The second-order valence-corrected chi connectivity index (χ2v) is 9.00. The third-order valence-corrected chi connectivity index (χ3v) is 7.43. The van der Waals surface area contributed by atoms with E-state index in [1.165, 1.54) is 83.5 Å². The summed E-state index contributed by atoms with van der Waals surface area (Å²) in [6, 6.07) is 9.70. The van der Waals surface area contributed by atoms with Gasteiger partial charge in [0.05, 0.1) is 0 Å². The lowest BCUT2D eigenvalue weighted by Gasteiger charge is -2.38. The van der Waals surface area contributed by atoms with Crippen molar-refractivity contribution in [3.05, 3.63) is 35.4 Å². The molecule has 2 fully saturated rings. The van der Waals surface area contributed by atoms with Gasteiger partial charge in [0.15, 0.2) is 0 Å². The average Bonchev–Trinajstić information content (AvgIpc) is 2.69. The maximum absolute atomic E-state index is 2.44. The minimum absolute atomic E-state index is 0.841. The number of aryl methyl sites for hydroxylation is 1. The number of hydrogen-bond acceptors (Lipinski definition) is 0. The normalized spacial score (nSPS) is 30.3. The fraction of sp³-hybridized carbons (Fsp3) is 0.760. The molecule has 3 rings (SSSR count). The van der Waals surface area contributed by atoms with Crippen molar-refractivity contribution >= 4 is 0 Å². The summed E-state index contributed by atoms with van der Waals surface area (Å²) in [7, 11) is 0. The third-order valence-electron chi connectivity index (χ3n) is 7.43. The zero-order valence-electron chi connectivity index (χ0n) is 16.8. The minimum atomic E-state index is 0.841. The molecule has 25 heavy (non-hydrogen) atoms. The van der Waals surface area contributed by atoms with Gasteiger partial charge in [-0.05, 0) is 86.2 Å². The van der Waals surface area contributed by atoms with Gasteiger partial charge >= 0.3 is 0 Å². The predicted octanol–water partition coefficient (Wildman–Crippen LogP) is 7.91. The fourth-order valence-electron chi connectivity index (χ4n) is 5.53. The fourth-order valence-corrected chi connectivity index (χ4v) is 5.53. The first kappa shape index (κ1) is 19.0. The van der Waals surface area contributed by atoms with Gasteiger partial charge in [-0.25, -0.2) is 0 Å². The molecule has 0 N–H and O–H groups in total. The molecule has 1 aromatic rings. The summed E-state index contributed by atoms with van der Waals surface area (Å²) in [6.45, 7) is 4.67. The van der Waals surface area contributed by atoms with Crippen molar-refractivity contribution in [2.24, 2.45) is 17.8 Å². The minimum Gasteiger partial charge on any atom is -0.0654 e. The van der Waals surface area contributed by atoms with Crippen LogP contribution in [0.3, 0.4) is 0 Å². The van der Waals surface area contributed by atoms with Crippen molar-refractivity contribution in [2.45, 2.75) is 103 Å². The van der Waals surface area contributed by atoms with Crippen LogP contribution in [0.2, 0.25) is 0 Å². The Morgan fingerprint density at radius 3 is 1.88 bits per heavy atom. The van der Waals surface area contributed by atoms with Crippen molar-refractivity contribution in [2.75, 3.05) is 0 Å². The SMILES string of the molecule is CCCCCc1ccc(C2CCC(C3CCC(CC)CC3)CC2)cc1. The largest absolute Gasteiger partial charge is 0.0654 e. The van der Waals surface area contributed by atoms with Gasteiger partial charge in [-0.1, -0.05) is 70.2 Å². The molecule has 0 radical (unpaired) electrons. The molecule has 2 saturated carbocycles. The lowest BCUT2D eigenvalue weighted by atomic mass is 9.68. The van der Waals surface area contributed by atoms with Crippen LogP contribution in [-0.2, 0) is 6.42 Å². The van der Waals surface area contributed by atoms with Crippen LogP contribution in [-0.4, -0.2) is 0 Å². The summed E-state index contributed by atoms with van der Waals surface area (Å²) in [6.07, 6.45) is 18.7. The van der Waals surface area contributed by atoms with E-state index < -0.39 is 0 Å². The number of benzene rings is 1. The molecule has 0 nitrogen and oxygen atoms in total. The van der Waals surface area contributed by atoms with Crippen molar-refractivity contribution in [1.82, 2.24) is 0 Å². The molecule has 0 amide bonds. The van der Waals surface area contributed by atoms with E-state index in [1.54, 1.807) is 11.1 Å². The lowest BCUT2D eigenvalue weighted by molar-refractivity contribution is 0.158. The van der Waals surface area contributed by atoms with E-state index in [2.05, 4.69) is 38.1 Å². The second-order valence-electron chi connectivity index (χ2n) is 9.00. The first-order valence-corrected chi connectivity index (χ1v) is 11.4. The van der Waals surface area contributed by atoms with E-state index in [4.69, 9.17) is 0 Å². The van der Waals surface area contributed by atoms with Gasteiger partial charge in [0.2, 0.25) is 0 Å². The van der Waals surface area contributed by atoms with E-state index in [-0.39, 0.29) is 0 Å². The van der Waals surface area contributed by atoms with Gasteiger partial charge in [-0.15, -0.1) is 0 Å². The van der Waals surface area contributed by atoms with Crippen molar-refractivity contribution in [1.29, 1.82) is 0 Å². The smallest absolute Gasteiger partial charge is 0.0162 e. The molecule has 0 spiro atoms. The van der Waals surface area contributed by atoms with Crippen molar-refractivity contribution in [3.8, 4) is 0 Å². The first-order chi connectivity index (χ1) is 12.3. The molecular weight excluding hydrogens is 300 g/mol. The van der Waals surface area contributed by atoms with E-state index in [9.17, 15) is 0 Å². The highest BCUT2D eigenvalue weighted by molar-refractivity contribution is 5.26. The van der Waals surface area contributed by atoms with E-state index in [1.807, 2.05) is 0 Å². The van der Waals surface area contributed by atoms with Crippen LogP contribution in [0.15, 0.2) is 24.3 Å². The average molecular weight is 341 g/mol. The molecule has 2 aliphatic rings. The van der Waals surface area contributed by atoms with Crippen LogP contribution in [0.1, 0.15) is 108 Å². The van der Waals surface area contributed by atoms with Gasteiger partial charge in [-0.2, -0.15) is 0 Å². The van der Waals surface area contributed by atoms with E-state index in [0.29, 0.717) is 0 Å². The van der Waals surface area contributed by atoms with E-state index >= 15 is 0 Å². The zero-order chi connectivity index (χ0) is 17.5. The van der Waals surface area contributed by atoms with Crippen LogP contribution in [0, 0.1) is 17.8 Å². The summed E-state index contributed by atoms with van der Waals surface area (Å²) in [5.41, 5.74) is 3.16. The maximum Gasteiger partial charge on any atom is -0.0162 e. The Hall–Kier alpha value is -0.780. The highest BCUT2D eigenvalue weighted by Crippen LogP contribution is 2.44. The quantitative estimate of drug-likeness (QED) is 0.442. The van der Waals surface area contributed by atoms with Crippen LogP contribution in [0.5, 0.6) is 0 Å². The van der Waals surface area contributed by atoms with Crippen LogP contribution < -0.4 is 0 Å². The summed E-state index contributed by atoms with van der Waals surface area (Å²) in [5, 5.41) is 0. The molecule has 0 heteroatoms. The van der Waals surface area contributed by atoms with Crippen molar-refractivity contribution in [3.63, 3.8) is 0 Å². The Balaban J connectivity index is 1.44. The highest BCUT2D eigenvalue weighted by Gasteiger charge is 2.30. The van der Waals surface area contributed by atoms with E-state index in [0.717, 1.165) is 23.7 Å². The van der Waals surface area contributed by atoms with Crippen LogP contribution in [0.25, 0.3) is 0 Å². The summed E-state index contributed by atoms with van der Waals surface area (Å²) in [4.78, 5) is 0. The lowest BCUT2D eigenvalue weighted by Crippen LogP contribution is -2.25. The predicted molar refractivity (Wildman–Crippen MR) is 110 cm³/mol. The molecule has 0 atom stereocenters. The monoisotopic (exact) mass is 340 g/mol. The Kier molecular flexibility index (Phi) is 7.44. The first-order valence-electron chi connectivity index (χ1n) is 11.4. The van der Waals surface area contributed by atoms with Crippen LogP contribution >= 0.6 is 0 Å². The molecule has 0 aliphatic heterocycles. The Morgan fingerprint density at radius 2 is 1.32 bits per heavy atom. The molecular formula is C25H40. The summed E-state index contributed by atoms with van der Waals surface area (Å²) >= 11 is 0. The third kappa shape index (κ3) is 5.35. The summed E-state index contributed by atoms with van der Waals surface area (Å²) in [5.74, 6) is 3.99. The standard InChI is InChI=1S/C25H40/c1-3-5-6-7-21-10-14-23(15-11-21)25-18-16-24(17-19-25)22-12-8-20(4-2)9-13-22/h10-11,14-15,20,22,24-25H,3-9,12-13,16-19H2,1-2H3. The molecule has 0 unspecified atom stereocenters. The Labute approximate surface area is 156 Å². The molecule has 140 valence electrons. The highest BCUT2D eigenvalue weighted by atomic mass is 14.4. The molecule has 0 saturated heterocycles. The molecule has 0 bridgehead atoms. The van der Waals surface area contributed by atoms with Gasteiger partial charge in [0.1, 0.15) is 0 Å².